The Bertz CT molecular complexity index is 757. The maximum atomic E-state index is 13.3. The molecule has 1 aromatic carbocycles. The Morgan fingerprint density at radius 3 is 2.89 bits per heavy atom. The minimum Gasteiger partial charge on any atom is -0.376 e. The summed E-state index contributed by atoms with van der Waals surface area (Å²) in [7, 11) is 1.46. The van der Waals surface area contributed by atoms with Gasteiger partial charge in [-0.25, -0.2) is 0 Å². The predicted molar refractivity (Wildman–Crippen MR) is 105 cm³/mol. The summed E-state index contributed by atoms with van der Waals surface area (Å²) in [4.78, 5) is 27.0. The van der Waals surface area contributed by atoms with Gasteiger partial charge in [0.15, 0.2) is 0 Å². The molecule has 1 fully saturated rings. The van der Waals surface area contributed by atoms with Crippen LogP contribution in [-0.4, -0.2) is 49.7 Å². The Labute approximate surface area is 163 Å². The van der Waals surface area contributed by atoms with E-state index in [1.54, 1.807) is 40.5 Å². The summed E-state index contributed by atoms with van der Waals surface area (Å²) in [6.45, 7) is 1.74. The van der Waals surface area contributed by atoms with Gasteiger partial charge in [-0.15, -0.1) is 0 Å². The molecule has 0 radical (unpaired) electrons. The molecular weight excluding hydrogens is 364 g/mol. The second kappa shape index (κ2) is 9.64. The molecule has 1 N–H and O–H groups in total. The fourth-order valence-electron chi connectivity index (χ4n) is 3.12. The molecule has 27 heavy (non-hydrogen) atoms. The summed E-state index contributed by atoms with van der Waals surface area (Å²) in [6.07, 6.45) is 2.04. The molecule has 0 spiro atoms. The van der Waals surface area contributed by atoms with Gasteiger partial charge in [-0.3, -0.25) is 9.59 Å². The number of anilines is 1. The largest absolute Gasteiger partial charge is 0.376 e. The third kappa shape index (κ3) is 5.38. The summed E-state index contributed by atoms with van der Waals surface area (Å²) in [5.74, 6) is -0.411. The van der Waals surface area contributed by atoms with Crippen LogP contribution in [0.4, 0.5) is 5.69 Å². The summed E-state index contributed by atoms with van der Waals surface area (Å²) in [5, 5.41) is 6.81. The van der Waals surface area contributed by atoms with Crippen molar-refractivity contribution < 1.29 is 19.1 Å². The van der Waals surface area contributed by atoms with Crippen molar-refractivity contribution in [3.05, 3.63) is 52.2 Å². The molecule has 0 bridgehead atoms. The number of rotatable bonds is 8. The first-order valence-corrected chi connectivity index (χ1v) is 9.91. The Morgan fingerprint density at radius 2 is 2.19 bits per heavy atom. The minimum atomic E-state index is -0.290. The van der Waals surface area contributed by atoms with Crippen molar-refractivity contribution >= 4 is 28.8 Å². The molecule has 1 atom stereocenters. The van der Waals surface area contributed by atoms with Gasteiger partial charge in [-0.05, 0) is 47.4 Å². The molecule has 0 unspecified atom stereocenters. The van der Waals surface area contributed by atoms with Crippen molar-refractivity contribution in [2.45, 2.75) is 25.5 Å². The van der Waals surface area contributed by atoms with Crippen LogP contribution in [0.15, 0.2) is 41.1 Å². The summed E-state index contributed by atoms with van der Waals surface area (Å²) in [6, 6.07) is 9.08. The highest BCUT2D eigenvalue weighted by molar-refractivity contribution is 7.07. The van der Waals surface area contributed by atoms with Crippen LogP contribution in [0.1, 0.15) is 28.8 Å². The Morgan fingerprint density at radius 1 is 1.33 bits per heavy atom. The van der Waals surface area contributed by atoms with E-state index in [9.17, 15) is 9.59 Å². The summed E-state index contributed by atoms with van der Waals surface area (Å²) in [5.41, 5.74) is 2.05. The number of para-hydroxylation sites is 1. The maximum Gasteiger partial charge on any atom is 0.256 e. The molecule has 2 amide bonds. The second-order valence-electron chi connectivity index (χ2n) is 6.48. The topological polar surface area (TPSA) is 67.9 Å². The van der Waals surface area contributed by atoms with Gasteiger partial charge < -0.3 is 19.7 Å². The van der Waals surface area contributed by atoms with E-state index in [2.05, 4.69) is 5.32 Å². The van der Waals surface area contributed by atoms with Crippen LogP contribution in [0.2, 0.25) is 0 Å². The fraction of sp³-hybridized carbons (Fsp3) is 0.400. The molecular formula is C20H24N2O4S. The van der Waals surface area contributed by atoms with Gasteiger partial charge in [0, 0.05) is 26.8 Å². The maximum absolute atomic E-state index is 13.3. The van der Waals surface area contributed by atoms with E-state index in [4.69, 9.17) is 9.47 Å². The van der Waals surface area contributed by atoms with Crippen LogP contribution >= 0.6 is 11.3 Å². The van der Waals surface area contributed by atoms with Gasteiger partial charge in [-0.1, -0.05) is 12.1 Å². The van der Waals surface area contributed by atoms with E-state index in [1.165, 1.54) is 7.11 Å². The number of thiophene rings is 1. The smallest absolute Gasteiger partial charge is 0.256 e. The average Bonchev–Trinajstić information content (AvgIpc) is 3.35. The zero-order chi connectivity index (χ0) is 19.1. The molecule has 3 rings (SSSR count). The normalized spacial score (nSPS) is 16.3. The lowest BCUT2D eigenvalue weighted by atomic mass is 10.1. The summed E-state index contributed by atoms with van der Waals surface area (Å²) < 4.78 is 10.6. The molecule has 2 aromatic rings. The molecule has 1 saturated heterocycles. The molecule has 1 aliphatic rings. The van der Waals surface area contributed by atoms with E-state index in [-0.39, 0.29) is 24.5 Å². The predicted octanol–water partition coefficient (Wildman–Crippen LogP) is 3.15. The van der Waals surface area contributed by atoms with Gasteiger partial charge >= 0.3 is 0 Å². The molecule has 0 aliphatic carbocycles. The lowest BCUT2D eigenvalue weighted by Crippen LogP contribution is -2.37. The second-order valence-corrected chi connectivity index (χ2v) is 7.26. The van der Waals surface area contributed by atoms with Crippen molar-refractivity contribution in [1.29, 1.82) is 0 Å². The number of carbonyl (C=O) groups excluding carboxylic acids is 2. The van der Waals surface area contributed by atoms with Crippen molar-refractivity contribution in [3.8, 4) is 0 Å². The molecule has 0 saturated carbocycles. The van der Waals surface area contributed by atoms with Crippen molar-refractivity contribution in [2.24, 2.45) is 0 Å². The number of methoxy groups -OCH3 is 1. The number of nitrogens with one attached hydrogen (secondary N) is 1. The molecule has 2 heterocycles. The third-order valence-electron chi connectivity index (χ3n) is 4.40. The molecule has 1 aliphatic heterocycles. The van der Waals surface area contributed by atoms with E-state index in [0.29, 0.717) is 24.3 Å². The molecule has 7 heteroatoms. The molecule has 144 valence electrons. The highest BCUT2D eigenvalue weighted by Crippen LogP contribution is 2.22. The van der Waals surface area contributed by atoms with E-state index >= 15 is 0 Å². The first-order chi connectivity index (χ1) is 13.2. The minimum absolute atomic E-state index is 0.0582. The molecule has 1 aromatic heterocycles. The van der Waals surface area contributed by atoms with E-state index in [1.807, 2.05) is 16.8 Å². The highest BCUT2D eigenvalue weighted by atomic mass is 32.1. The van der Waals surface area contributed by atoms with Crippen LogP contribution in [0, 0.1) is 0 Å². The first-order valence-electron chi connectivity index (χ1n) is 8.97. The average molecular weight is 388 g/mol. The van der Waals surface area contributed by atoms with Crippen LogP contribution in [0.3, 0.4) is 0 Å². The highest BCUT2D eigenvalue weighted by Gasteiger charge is 2.25. The Hall–Kier alpha value is -2.22. The van der Waals surface area contributed by atoms with Crippen molar-refractivity contribution in [2.75, 3.05) is 32.2 Å². The third-order valence-corrected chi connectivity index (χ3v) is 5.13. The number of hydrogen-bond donors (Lipinski definition) is 1. The summed E-state index contributed by atoms with van der Waals surface area (Å²) >= 11 is 1.61. The van der Waals surface area contributed by atoms with Gasteiger partial charge in [0.1, 0.15) is 6.61 Å². The van der Waals surface area contributed by atoms with Gasteiger partial charge in [0.05, 0.1) is 17.4 Å². The zero-order valence-corrected chi connectivity index (χ0v) is 16.2. The standard InChI is InChI=1S/C20H24N2O4S/c1-25-13-19(23)21-18-7-3-2-6-17(18)20(24)22(11-15-8-10-27-14-15)12-16-5-4-9-26-16/h2-3,6-8,10,14,16H,4-5,9,11-13H2,1H3,(H,21,23)/t16-/m1/s1. The first kappa shape index (κ1) is 19.5. The lowest BCUT2D eigenvalue weighted by Gasteiger charge is -2.26. The SMILES string of the molecule is COCC(=O)Nc1ccccc1C(=O)N(Cc1ccsc1)C[C@H]1CCCO1. The van der Waals surface area contributed by atoms with Crippen LogP contribution in [-0.2, 0) is 20.8 Å². The monoisotopic (exact) mass is 388 g/mol. The number of amides is 2. The lowest BCUT2D eigenvalue weighted by molar-refractivity contribution is -0.119. The Balaban J connectivity index is 1.81. The number of ether oxygens (including phenoxy) is 2. The molecule has 6 nitrogen and oxygen atoms in total. The fourth-order valence-corrected chi connectivity index (χ4v) is 3.78. The van der Waals surface area contributed by atoms with E-state index in [0.717, 1.165) is 25.0 Å². The number of carbonyl (C=O) groups is 2. The van der Waals surface area contributed by atoms with E-state index < -0.39 is 0 Å². The van der Waals surface area contributed by atoms with Crippen LogP contribution in [0.5, 0.6) is 0 Å². The Kier molecular flexibility index (Phi) is 6.98. The number of nitrogens with zero attached hydrogens (tertiary/aromatic N) is 1. The van der Waals surface area contributed by atoms with Crippen molar-refractivity contribution in [3.63, 3.8) is 0 Å². The zero-order valence-electron chi connectivity index (χ0n) is 15.3. The van der Waals surface area contributed by atoms with Crippen molar-refractivity contribution in [1.82, 2.24) is 4.90 Å². The van der Waals surface area contributed by atoms with Crippen LogP contribution < -0.4 is 5.32 Å². The quantitative estimate of drug-likeness (QED) is 0.754. The number of benzene rings is 1. The van der Waals surface area contributed by atoms with Crippen LogP contribution in [0.25, 0.3) is 0 Å². The van der Waals surface area contributed by atoms with Gasteiger partial charge in [0.2, 0.25) is 5.91 Å². The van der Waals surface area contributed by atoms with Gasteiger partial charge in [-0.2, -0.15) is 11.3 Å². The number of hydrogen-bond acceptors (Lipinski definition) is 5. The van der Waals surface area contributed by atoms with Gasteiger partial charge in [0.25, 0.3) is 5.91 Å².